The van der Waals surface area contributed by atoms with Gasteiger partial charge in [-0.15, -0.1) is 11.3 Å². The highest BCUT2D eigenvalue weighted by Crippen LogP contribution is 2.81. The molecule has 6 bridgehead atoms. The standard InChI is InChI=1S/C117H94N4S/c1-74-61-75-62-85-70-116(69-74,71-86(85)63-75)88-42-52-96(53-43-88)119(97-54-58-113-106(68-97)102-22-10-14-26-112(102)122-113)94-46-33-79(34-47-94)77-27-29-81(30-28-77)98-18-7-11-23-107(98)120-108-24-12-9-21-101(108)105-65-84(39-57-111(105)120)83-38-56-110(121-109-25-13-8-20-100(109)103-55-37-80-17-5-6-19-99(80)114(103)121)104(64-83)82-35-48-93(49-36-82)118(92-44-31-78(32-45-92)76-15-3-2-4-16-76)95-50-40-87(41-51-95)115-59-60-117-89(66-90(117)72-115)67-91(117)73-115/h2-58,64-65,68,74-75,85-86,89-91H,59-63,66-67,69-73H2,1H3/t74-,75?,85-,86?,89?,90-,91-,115?,116?,117?/m0/s1. The van der Waals surface area contributed by atoms with Crippen LogP contribution in [0.1, 0.15) is 95.1 Å². The predicted molar refractivity (Wildman–Crippen MR) is 513 cm³/mol. The van der Waals surface area contributed by atoms with E-state index in [-0.39, 0.29) is 0 Å². The number of anilines is 6. The van der Waals surface area contributed by atoms with Gasteiger partial charge in [-0.1, -0.05) is 244 Å². The largest absolute Gasteiger partial charge is 0.311 e. The fourth-order valence-corrected chi connectivity index (χ4v) is 27.6. The molecule has 0 radical (unpaired) electrons. The van der Waals surface area contributed by atoms with Gasteiger partial charge in [-0.05, 0) is 323 Å². The lowest BCUT2D eigenvalue weighted by Gasteiger charge is -2.78. The number of hydrogen-bond donors (Lipinski definition) is 0. The smallest absolute Gasteiger partial charge is 0.0619 e. The molecule has 5 heteroatoms. The van der Waals surface area contributed by atoms with Crippen LogP contribution in [0.5, 0.6) is 0 Å². The minimum atomic E-state index is 0.298. The Hall–Kier alpha value is -12.8. The molecular weight excluding hydrogens is 1490 g/mol. The lowest BCUT2D eigenvalue weighted by molar-refractivity contribution is -0.273. The Morgan fingerprint density at radius 3 is 1.44 bits per heavy atom. The second-order valence-corrected chi connectivity index (χ2v) is 39.0. The first-order valence-corrected chi connectivity index (χ1v) is 45.9. The highest BCUT2D eigenvalue weighted by atomic mass is 32.1. The topological polar surface area (TPSA) is 16.3 Å². The van der Waals surface area contributed by atoms with Gasteiger partial charge in [-0.25, -0.2) is 0 Å². The minimum Gasteiger partial charge on any atom is -0.311 e. The first-order valence-electron chi connectivity index (χ1n) is 45.1. The molecular formula is C117H94N4S. The van der Waals surface area contributed by atoms with Gasteiger partial charge in [-0.2, -0.15) is 0 Å². The lowest BCUT2D eigenvalue weighted by Crippen LogP contribution is -2.71. The molecule has 0 aliphatic heterocycles. The van der Waals surface area contributed by atoms with Gasteiger partial charge in [0, 0.05) is 92.4 Å². The van der Waals surface area contributed by atoms with Crippen LogP contribution in [0.25, 0.3) is 142 Å². The Morgan fingerprint density at radius 1 is 0.287 bits per heavy atom. The van der Waals surface area contributed by atoms with Gasteiger partial charge in [-0.3, -0.25) is 0 Å². The van der Waals surface area contributed by atoms with Crippen LogP contribution in [-0.4, -0.2) is 9.13 Å². The summed E-state index contributed by atoms with van der Waals surface area (Å²) in [6.45, 7) is 2.54. The Labute approximate surface area is 717 Å². The molecule has 0 N–H and O–H groups in total. The first-order chi connectivity index (χ1) is 60.2. The van der Waals surface area contributed by atoms with Crippen LogP contribution in [0.3, 0.4) is 0 Å². The minimum absolute atomic E-state index is 0.298. The van der Waals surface area contributed by atoms with Crippen LogP contribution in [0.15, 0.2) is 364 Å². The van der Waals surface area contributed by atoms with Gasteiger partial charge in [0.15, 0.2) is 0 Å². The highest BCUT2D eigenvalue weighted by molar-refractivity contribution is 7.25. The van der Waals surface area contributed by atoms with Crippen molar-refractivity contribution in [2.24, 2.45) is 46.8 Å². The molecule has 588 valence electrons. The maximum Gasteiger partial charge on any atom is 0.0619 e. The van der Waals surface area contributed by atoms with Crippen molar-refractivity contribution in [3.8, 4) is 67.0 Å². The maximum atomic E-state index is 2.55. The van der Waals surface area contributed by atoms with Gasteiger partial charge in [0.2, 0.25) is 0 Å². The third-order valence-corrected chi connectivity index (χ3v) is 33.0. The summed E-state index contributed by atoms with van der Waals surface area (Å²) in [4.78, 5) is 4.97. The second kappa shape index (κ2) is 27.4. The summed E-state index contributed by atoms with van der Waals surface area (Å²) in [7, 11) is 0. The Balaban J connectivity index is 0.548. The van der Waals surface area contributed by atoms with E-state index in [1.807, 2.05) is 11.3 Å². The molecule has 3 heterocycles. The normalized spacial score (nSPS) is 22.9. The van der Waals surface area contributed by atoms with Crippen molar-refractivity contribution in [3.05, 3.63) is 375 Å². The quantitative estimate of drug-likeness (QED) is 0.102. The van der Waals surface area contributed by atoms with Crippen molar-refractivity contribution in [1.29, 1.82) is 0 Å². The average molecular weight is 1590 g/mol. The number of hydrogen-bond acceptors (Lipinski definition) is 3. The van der Waals surface area contributed by atoms with E-state index in [2.05, 4.69) is 390 Å². The van der Waals surface area contributed by atoms with Crippen molar-refractivity contribution in [1.82, 2.24) is 9.13 Å². The molecule has 0 amide bonds. The summed E-state index contributed by atoms with van der Waals surface area (Å²) in [5.41, 5.74) is 30.3. The van der Waals surface area contributed by atoms with E-state index in [4.69, 9.17) is 0 Å². The monoisotopic (exact) mass is 1590 g/mol. The van der Waals surface area contributed by atoms with E-state index in [0.717, 1.165) is 86.6 Å². The van der Waals surface area contributed by atoms with Crippen LogP contribution >= 0.6 is 11.3 Å². The van der Waals surface area contributed by atoms with Crippen LogP contribution < -0.4 is 9.80 Å². The van der Waals surface area contributed by atoms with Crippen LogP contribution in [0, 0.1) is 46.8 Å². The number of benzene rings is 16. The van der Waals surface area contributed by atoms with Gasteiger partial charge in [0.1, 0.15) is 0 Å². The number of thiophene rings is 1. The van der Waals surface area contributed by atoms with Crippen molar-refractivity contribution in [2.75, 3.05) is 9.80 Å². The molecule has 4 nitrogen and oxygen atoms in total. The molecule has 122 heavy (non-hydrogen) atoms. The summed E-state index contributed by atoms with van der Waals surface area (Å²) < 4.78 is 7.71. The number of para-hydroxylation sites is 3. The summed E-state index contributed by atoms with van der Waals surface area (Å²) in [5, 5.41) is 10.0. The SMILES string of the molecule is C[C@H]1CC2CC3CC(c4ccc(N(c5ccc(-c6ccc(-c7ccccc7-n7c8ccccc8c8cc(-c9ccc(-n%10c%11ccccc%11c%11ccc%12ccccc%12c%11%10)c(-c%10ccc(N(c%11ccc(-c%12ccccc%12)cc%11)c%11ccc(C%12%13CCC%14%15C(C[C@H]%14C%12)C[C@H]%15C%13)cc%11)cc%10)c9)ccc87)cc6)cc5)c5ccc6sc7ccccc7c6c5)cc4)(C1)C[C@@H]3C2. The molecule has 9 fully saturated rings. The Kier molecular flexibility index (Phi) is 15.9. The van der Waals surface area contributed by atoms with Crippen molar-refractivity contribution >= 4 is 120 Å². The van der Waals surface area contributed by atoms with E-state index in [1.165, 1.54) is 208 Å². The summed E-state index contributed by atoms with van der Waals surface area (Å²) in [6.07, 6.45) is 16.9. The maximum absolute atomic E-state index is 2.55. The molecule has 1 spiro atoms. The van der Waals surface area contributed by atoms with Crippen LogP contribution in [0.4, 0.5) is 34.1 Å². The van der Waals surface area contributed by atoms with Crippen LogP contribution in [-0.2, 0) is 10.8 Å². The summed E-state index contributed by atoms with van der Waals surface area (Å²) in [6, 6.07) is 139. The number of nitrogens with zero attached hydrogens (tertiary/aromatic N) is 4. The van der Waals surface area contributed by atoms with Gasteiger partial charge in [0.05, 0.1) is 33.4 Å². The Bertz CT molecular complexity index is 7350. The molecule has 9 aliphatic rings. The molecule has 3 unspecified atom stereocenters. The van der Waals surface area contributed by atoms with E-state index < -0.39 is 0 Å². The molecule has 16 aromatic carbocycles. The molecule has 3 aromatic heterocycles. The fraction of sp³-hybridized carbons (Fsp3) is 0.197. The molecule has 9 aliphatic carbocycles. The Morgan fingerprint density at radius 2 is 0.770 bits per heavy atom. The number of fused-ring (bicyclic) bond motifs is 14. The van der Waals surface area contributed by atoms with E-state index in [0.29, 0.717) is 16.2 Å². The summed E-state index contributed by atoms with van der Waals surface area (Å²) >= 11 is 1.89. The molecule has 28 rings (SSSR count). The third-order valence-electron chi connectivity index (χ3n) is 31.8. The van der Waals surface area contributed by atoms with E-state index >= 15 is 0 Å². The molecule has 9 saturated carbocycles. The number of rotatable bonds is 15. The molecule has 19 aromatic rings. The van der Waals surface area contributed by atoms with E-state index in [9.17, 15) is 0 Å². The van der Waals surface area contributed by atoms with Crippen LogP contribution in [0.2, 0.25) is 0 Å². The van der Waals surface area contributed by atoms with Crippen molar-refractivity contribution in [2.45, 2.75) is 94.8 Å². The molecule has 0 saturated heterocycles. The van der Waals surface area contributed by atoms with E-state index in [1.54, 1.807) is 11.1 Å². The highest BCUT2D eigenvalue weighted by Gasteiger charge is 2.73. The predicted octanol–water partition coefficient (Wildman–Crippen LogP) is 32.2. The van der Waals surface area contributed by atoms with Crippen molar-refractivity contribution < 1.29 is 0 Å². The van der Waals surface area contributed by atoms with Crippen molar-refractivity contribution in [3.63, 3.8) is 0 Å². The van der Waals surface area contributed by atoms with Gasteiger partial charge >= 0.3 is 0 Å². The zero-order valence-corrected chi connectivity index (χ0v) is 69.7. The summed E-state index contributed by atoms with van der Waals surface area (Å²) in [5.74, 6) is 6.43. The first kappa shape index (κ1) is 71.0. The zero-order valence-electron chi connectivity index (χ0n) is 68.9. The third kappa shape index (κ3) is 11.0. The average Bonchev–Trinajstić information content (AvgIpc) is 0.955. The van der Waals surface area contributed by atoms with Gasteiger partial charge in [0.25, 0.3) is 0 Å². The lowest BCUT2D eigenvalue weighted by atomic mass is 9.26. The zero-order chi connectivity index (χ0) is 80.1. The fourth-order valence-electron chi connectivity index (χ4n) is 26.5. The second-order valence-electron chi connectivity index (χ2n) is 38.0. The molecule has 7 atom stereocenters. The van der Waals surface area contributed by atoms with Gasteiger partial charge < -0.3 is 18.9 Å². The number of aromatic nitrogens is 2.